The van der Waals surface area contributed by atoms with E-state index in [0.29, 0.717) is 25.1 Å². The Bertz CT molecular complexity index is 247. The van der Waals surface area contributed by atoms with Gasteiger partial charge in [-0.05, 0) is 19.8 Å². The lowest BCUT2D eigenvalue weighted by atomic mass is 10.0. The van der Waals surface area contributed by atoms with Gasteiger partial charge in [0.2, 0.25) is 0 Å². The van der Waals surface area contributed by atoms with Gasteiger partial charge < -0.3 is 15.5 Å². The molecular formula is C12H23NO3. The van der Waals surface area contributed by atoms with Crippen LogP contribution in [-0.2, 0) is 4.79 Å². The third kappa shape index (κ3) is 6.58. The van der Waals surface area contributed by atoms with E-state index in [1.807, 2.05) is 13.8 Å². The summed E-state index contributed by atoms with van der Waals surface area (Å²) >= 11 is 0. The molecule has 0 aromatic heterocycles. The van der Waals surface area contributed by atoms with Gasteiger partial charge in [-0.15, -0.1) is 0 Å². The van der Waals surface area contributed by atoms with Crippen LogP contribution < -0.4 is 5.32 Å². The fourth-order valence-electron chi connectivity index (χ4n) is 1.55. The molecule has 0 saturated heterocycles. The number of nitrogens with one attached hydrogen (secondary N) is 1. The lowest BCUT2D eigenvalue weighted by molar-refractivity contribution is -0.132. The lowest BCUT2D eigenvalue weighted by Crippen LogP contribution is -2.37. The van der Waals surface area contributed by atoms with Crippen LogP contribution in [0.15, 0.2) is 11.6 Å². The normalized spacial score (nSPS) is 15.9. The van der Waals surface area contributed by atoms with Crippen LogP contribution >= 0.6 is 0 Å². The SMILES string of the molecule is CCCC(C)(O)CNC/C=C(/CC)C(=O)O. The number of rotatable bonds is 8. The van der Waals surface area contributed by atoms with E-state index in [1.165, 1.54) is 0 Å². The molecule has 1 unspecified atom stereocenters. The van der Waals surface area contributed by atoms with Gasteiger partial charge in [0.15, 0.2) is 0 Å². The van der Waals surface area contributed by atoms with Gasteiger partial charge in [-0.1, -0.05) is 26.3 Å². The summed E-state index contributed by atoms with van der Waals surface area (Å²) in [6.07, 6.45) is 3.84. The Morgan fingerprint density at radius 1 is 1.44 bits per heavy atom. The third-order valence-corrected chi connectivity index (χ3v) is 2.44. The van der Waals surface area contributed by atoms with Gasteiger partial charge in [0.25, 0.3) is 0 Å². The topological polar surface area (TPSA) is 69.6 Å². The first-order chi connectivity index (χ1) is 7.43. The molecular weight excluding hydrogens is 206 g/mol. The highest BCUT2D eigenvalue weighted by Gasteiger charge is 2.17. The Morgan fingerprint density at radius 3 is 2.50 bits per heavy atom. The summed E-state index contributed by atoms with van der Waals surface area (Å²) < 4.78 is 0. The van der Waals surface area contributed by atoms with Crippen molar-refractivity contribution in [2.24, 2.45) is 0 Å². The van der Waals surface area contributed by atoms with Crippen molar-refractivity contribution in [3.8, 4) is 0 Å². The molecule has 0 heterocycles. The Hall–Kier alpha value is -0.870. The molecule has 0 rings (SSSR count). The number of carboxylic acids is 1. The first-order valence-corrected chi connectivity index (χ1v) is 5.78. The highest BCUT2D eigenvalue weighted by molar-refractivity contribution is 5.86. The van der Waals surface area contributed by atoms with Crippen LogP contribution in [0.5, 0.6) is 0 Å². The molecule has 0 aliphatic heterocycles. The fraction of sp³-hybridized carbons (Fsp3) is 0.750. The van der Waals surface area contributed by atoms with Crippen molar-refractivity contribution in [2.75, 3.05) is 13.1 Å². The summed E-state index contributed by atoms with van der Waals surface area (Å²) in [4.78, 5) is 10.7. The largest absolute Gasteiger partial charge is 0.478 e. The maximum absolute atomic E-state index is 10.7. The second-order valence-electron chi connectivity index (χ2n) is 4.27. The van der Waals surface area contributed by atoms with E-state index in [-0.39, 0.29) is 0 Å². The van der Waals surface area contributed by atoms with Crippen LogP contribution in [0, 0.1) is 0 Å². The van der Waals surface area contributed by atoms with Crippen molar-refractivity contribution in [3.05, 3.63) is 11.6 Å². The van der Waals surface area contributed by atoms with Crippen molar-refractivity contribution in [1.82, 2.24) is 5.32 Å². The van der Waals surface area contributed by atoms with Gasteiger partial charge in [-0.2, -0.15) is 0 Å². The molecule has 16 heavy (non-hydrogen) atoms. The molecule has 0 aliphatic rings. The van der Waals surface area contributed by atoms with Crippen LogP contribution in [0.2, 0.25) is 0 Å². The molecule has 0 amide bonds. The van der Waals surface area contributed by atoms with Gasteiger partial charge in [0.05, 0.1) is 5.60 Å². The number of hydrogen-bond donors (Lipinski definition) is 3. The molecule has 0 aromatic carbocycles. The van der Waals surface area contributed by atoms with E-state index >= 15 is 0 Å². The predicted octanol–water partition coefficient (Wildman–Crippen LogP) is 1.55. The predicted molar refractivity (Wildman–Crippen MR) is 64.4 cm³/mol. The van der Waals surface area contributed by atoms with Crippen LogP contribution in [0.3, 0.4) is 0 Å². The standard InChI is InChI=1S/C12H23NO3/c1-4-7-12(3,16)9-13-8-6-10(5-2)11(14)15/h6,13,16H,4-5,7-9H2,1-3H3,(H,14,15)/b10-6-. The quantitative estimate of drug-likeness (QED) is 0.436. The number of hydrogen-bond acceptors (Lipinski definition) is 3. The van der Waals surface area contributed by atoms with E-state index in [9.17, 15) is 9.90 Å². The van der Waals surface area contributed by atoms with Crippen molar-refractivity contribution in [3.63, 3.8) is 0 Å². The fourth-order valence-corrected chi connectivity index (χ4v) is 1.55. The second-order valence-corrected chi connectivity index (χ2v) is 4.27. The molecule has 0 aliphatic carbocycles. The van der Waals surface area contributed by atoms with Crippen LogP contribution in [0.25, 0.3) is 0 Å². The van der Waals surface area contributed by atoms with E-state index in [0.717, 1.165) is 12.8 Å². The van der Waals surface area contributed by atoms with E-state index in [4.69, 9.17) is 5.11 Å². The first kappa shape index (κ1) is 15.1. The number of carbonyl (C=O) groups is 1. The number of aliphatic hydroxyl groups is 1. The van der Waals surface area contributed by atoms with Gasteiger partial charge in [0.1, 0.15) is 0 Å². The van der Waals surface area contributed by atoms with Gasteiger partial charge in [-0.3, -0.25) is 0 Å². The Morgan fingerprint density at radius 2 is 2.06 bits per heavy atom. The summed E-state index contributed by atoms with van der Waals surface area (Å²) in [5.74, 6) is -0.871. The maximum Gasteiger partial charge on any atom is 0.331 e. The average molecular weight is 229 g/mol. The molecule has 4 heteroatoms. The highest BCUT2D eigenvalue weighted by Crippen LogP contribution is 2.09. The molecule has 0 radical (unpaired) electrons. The molecule has 0 saturated carbocycles. The Labute approximate surface area is 97.4 Å². The number of carboxylic acid groups (broad SMARTS) is 1. The summed E-state index contributed by atoms with van der Waals surface area (Å²) in [5, 5.41) is 21.7. The molecule has 3 N–H and O–H groups in total. The van der Waals surface area contributed by atoms with Crippen LogP contribution in [0.4, 0.5) is 0 Å². The molecule has 0 fully saturated rings. The van der Waals surface area contributed by atoms with Crippen molar-refractivity contribution in [1.29, 1.82) is 0 Å². The van der Waals surface area contributed by atoms with Crippen molar-refractivity contribution in [2.45, 2.75) is 45.6 Å². The third-order valence-electron chi connectivity index (χ3n) is 2.44. The zero-order chi connectivity index (χ0) is 12.6. The molecule has 0 aromatic rings. The minimum absolute atomic E-state index is 0.405. The molecule has 0 spiro atoms. The second kappa shape index (κ2) is 7.41. The summed E-state index contributed by atoms with van der Waals surface area (Å²) in [6, 6.07) is 0. The van der Waals surface area contributed by atoms with E-state index < -0.39 is 11.6 Å². The Balaban J connectivity index is 3.94. The number of aliphatic carboxylic acids is 1. The first-order valence-electron chi connectivity index (χ1n) is 5.78. The van der Waals surface area contributed by atoms with Crippen LogP contribution in [0.1, 0.15) is 40.0 Å². The minimum atomic E-state index is -0.871. The van der Waals surface area contributed by atoms with Crippen LogP contribution in [-0.4, -0.2) is 34.9 Å². The van der Waals surface area contributed by atoms with Gasteiger partial charge >= 0.3 is 5.97 Å². The average Bonchev–Trinajstić information content (AvgIpc) is 2.17. The molecule has 4 nitrogen and oxygen atoms in total. The van der Waals surface area contributed by atoms with Crippen molar-refractivity contribution < 1.29 is 15.0 Å². The summed E-state index contributed by atoms with van der Waals surface area (Å²) in [6.45, 7) is 6.58. The zero-order valence-corrected chi connectivity index (χ0v) is 10.4. The monoisotopic (exact) mass is 229 g/mol. The molecule has 94 valence electrons. The minimum Gasteiger partial charge on any atom is -0.478 e. The zero-order valence-electron chi connectivity index (χ0n) is 10.4. The lowest BCUT2D eigenvalue weighted by Gasteiger charge is -2.22. The van der Waals surface area contributed by atoms with Crippen molar-refractivity contribution >= 4 is 5.97 Å². The summed E-state index contributed by atoms with van der Waals surface area (Å²) in [7, 11) is 0. The maximum atomic E-state index is 10.7. The van der Waals surface area contributed by atoms with Gasteiger partial charge in [-0.25, -0.2) is 4.79 Å². The smallest absolute Gasteiger partial charge is 0.331 e. The molecule has 1 atom stereocenters. The summed E-state index contributed by atoms with van der Waals surface area (Å²) in [5.41, 5.74) is -0.305. The highest BCUT2D eigenvalue weighted by atomic mass is 16.4. The Kier molecular flexibility index (Phi) is 7.01. The molecule has 0 bridgehead atoms. The van der Waals surface area contributed by atoms with E-state index in [1.54, 1.807) is 13.0 Å². The van der Waals surface area contributed by atoms with E-state index in [2.05, 4.69) is 5.32 Å². The van der Waals surface area contributed by atoms with Gasteiger partial charge in [0, 0.05) is 18.7 Å².